The fourth-order valence-corrected chi connectivity index (χ4v) is 2.42. The lowest BCUT2D eigenvalue weighted by Gasteiger charge is -2.28. The van der Waals surface area contributed by atoms with Crippen LogP contribution in [-0.2, 0) is 4.79 Å². The monoisotopic (exact) mass is 236 g/mol. The van der Waals surface area contributed by atoms with Gasteiger partial charge in [0, 0.05) is 18.0 Å². The number of carbonyl (C=O) groups excluding carboxylic acids is 1. The lowest BCUT2D eigenvalue weighted by atomic mass is 10.0. The van der Waals surface area contributed by atoms with Crippen molar-refractivity contribution in [2.24, 2.45) is 11.8 Å². The number of hydrogen-bond acceptors (Lipinski definition) is 2. The largest absolute Gasteiger partial charge is 0.354 e. The normalized spacial score (nSPS) is 32.1. The molecule has 0 heterocycles. The van der Waals surface area contributed by atoms with Gasteiger partial charge in [-0.25, -0.2) is 0 Å². The summed E-state index contributed by atoms with van der Waals surface area (Å²) in [6.07, 6.45) is 5.31. The summed E-state index contributed by atoms with van der Waals surface area (Å²) >= 11 is 0. The van der Waals surface area contributed by atoms with Crippen LogP contribution in [0.4, 0.5) is 0 Å². The highest BCUT2D eigenvalue weighted by molar-refractivity contribution is 5.90. The molecule has 2 N–H and O–H groups in total. The van der Waals surface area contributed by atoms with Crippen LogP contribution in [0.2, 0.25) is 0 Å². The van der Waals surface area contributed by atoms with Crippen molar-refractivity contribution in [1.82, 2.24) is 10.6 Å². The van der Waals surface area contributed by atoms with Gasteiger partial charge in [0.25, 0.3) is 0 Å². The highest BCUT2D eigenvalue weighted by Gasteiger charge is 2.59. The van der Waals surface area contributed by atoms with Gasteiger partial charge in [0.05, 0.1) is 0 Å². The van der Waals surface area contributed by atoms with Gasteiger partial charge < -0.3 is 5.32 Å². The molecule has 0 spiro atoms. The molecule has 3 heteroatoms. The molecule has 3 nitrogen and oxygen atoms in total. The average molecular weight is 236 g/mol. The first-order chi connectivity index (χ1) is 7.87. The summed E-state index contributed by atoms with van der Waals surface area (Å²) in [5, 5.41) is 6.55. The minimum atomic E-state index is -0.394. The van der Waals surface area contributed by atoms with Gasteiger partial charge in [0.1, 0.15) is 5.54 Å². The maximum absolute atomic E-state index is 12.3. The van der Waals surface area contributed by atoms with Gasteiger partial charge >= 0.3 is 0 Å². The Kier molecular flexibility index (Phi) is 3.06. The molecule has 1 amide bonds. The zero-order chi connectivity index (χ0) is 12.7. The highest BCUT2D eigenvalue weighted by atomic mass is 16.2. The molecule has 0 unspecified atom stereocenters. The van der Waals surface area contributed by atoms with E-state index in [1.165, 1.54) is 12.8 Å². The van der Waals surface area contributed by atoms with Crippen molar-refractivity contribution in [1.29, 1.82) is 0 Å². The van der Waals surface area contributed by atoms with E-state index in [-0.39, 0.29) is 17.4 Å². The lowest BCUT2D eigenvalue weighted by Crippen LogP contribution is -2.55. The predicted octanol–water partition coefficient (Wildman–Crippen LogP) is 1.85. The van der Waals surface area contributed by atoms with Gasteiger partial charge in [-0.05, 0) is 46.0 Å². The molecular formula is C14H24N2O. The summed E-state index contributed by atoms with van der Waals surface area (Å²) in [4.78, 5) is 12.3. The van der Waals surface area contributed by atoms with Crippen LogP contribution >= 0.6 is 0 Å². The van der Waals surface area contributed by atoms with E-state index in [1.807, 2.05) is 6.08 Å². The Morgan fingerprint density at radius 2 is 2.12 bits per heavy atom. The van der Waals surface area contributed by atoms with E-state index in [0.29, 0.717) is 0 Å². The third-order valence-electron chi connectivity index (χ3n) is 3.55. The molecule has 2 atom stereocenters. The van der Waals surface area contributed by atoms with E-state index < -0.39 is 5.54 Å². The second-order valence-electron chi connectivity index (χ2n) is 6.55. The second kappa shape index (κ2) is 4.13. The first-order valence-electron chi connectivity index (χ1n) is 6.57. The number of nitrogens with one attached hydrogen (secondary N) is 2. The summed E-state index contributed by atoms with van der Waals surface area (Å²) < 4.78 is 0. The van der Waals surface area contributed by atoms with Crippen LogP contribution in [-0.4, -0.2) is 23.5 Å². The molecule has 0 aromatic rings. The summed E-state index contributed by atoms with van der Waals surface area (Å²) in [5.41, 5.74) is -0.441. The summed E-state index contributed by atoms with van der Waals surface area (Å²) in [5.74, 6) is 1.16. The molecule has 2 aliphatic carbocycles. The molecule has 2 aliphatic rings. The van der Waals surface area contributed by atoms with E-state index >= 15 is 0 Å². The van der Waals surface area contributed by atoms with Crippen LogP contribution in [0.3, 0.4) is 0 Å². The Morgan fingerprint density at radius 1 is 1.47 bits per heavy atom. The standard InChI is InChI=1S/C14H24N2O/c1-5-11-8-14(11,16-13(2,3)4)12(17)15-9-10-6-7-10/h5,10-11,16H,1,6-9H2,2-4H3,(H,15,17)/t11-,14-/m1/s1. The molecule has 2 fully saturated rings. The van der Waals surface area contributed by atoms with E-state index in [4.69, 9.17) is 0 Å². The molecular weight excluding hydrogens is 212 g/mol. The van der Waals surface area contributed by atoms with Crippen molar-refractivity contribution < 1.29 is 4.79 Å². The maximum Gasteiger partial charge on any atom is 0.240 e. The van der Waals surface area contributed by atoms with Crippen molar-refractivity contribution in [3.63, 3.8) is 0 Å². The molecule has 0 aromatic carbocycles. The third-order valence-corrected chi connectivity index (χ3v) is 3.55. The van der Waals surface area contributed by atoms with Crippen molar-refractivity contribution >= 4 is 5.91 Å². The van der Waals surface area contributed by atoms with E-state index in [9.17, 15) is 4.79 Å². The van der Waals surface area contributed by atoms with Gasteiger partial charge in [-0.2, -0.15) is 0 Å². The van der Waals surface area contributed by atoms with Crippen LogP contribution < -0.4 is 10.6 Å². The van der Waals surface area contributed by atoms with Gasteiger partial charge in [0.2, 0.25) is 5.91 Å². The number of hydrogen-bond donors (Lipinski definition) is 2. The van der Waals surface area contributed by atoms with E-state index in [2.05, 4.69) is 38.0 Å². The quantitative estimate of drug-likeness (QED) is 0.715. The van der Waals surface area contributed by atoms with Gasteiger partial charge in [-0.15, -0.1) is 6.58 Å². The van der Waals surface area contributed by atoms with Crippen LogP contribution in [0.25, 0.3) is 0 Å². The van der Waals surface area contributed by atoms with Crippen molar-refractivity contribution in [3.05, 3.63) is 12.7 Å². The Bertz CT molecular complexity index is 328. The fourth-order valence-electron chi connectivity index (χ4n) is 2.42. The summed E-state index contributed by atoms with van der Waals surface area (Å²) in [7, 11) is 0. The molecule has 2 rings (SSSR count). The Balaban J connectivity index is 1.96. The Hall–Kier alpha value is -0.830. The highest BCUT2D eigenvalue weighted by Crippen LogP contribution is 2.46. The molecule has 0 saturated heterocycles. The van der Waals surface area contributed by atoms with Crippen molar-refractivity contribution in [2.75, 3.05) is 6.54 Å². The third kappa shape index (κ3) is 2.89. The molecule has 0 radical (unpaired) electrons. The van der Waals surface area contributed by atoms with Crippen LogP contribution in [0, 0.1) is 11.8 Å². The summed E-state index contributed by atoms with van der Waals surface area (Å²) in [6.45, 7) is 11.0. The molecule has 17 heavy (non-hydrogen) atoms. The van der Waals surface area contributed by atoms with Gasteiger partial charge in [-0.3, -0.25) is 10.1 Å². The molecule has 0 aromatic heterocycles. The molecule has 96 valence electrons. The number of rotatable bonds is 5. The first kappa shape index (κ1) is 12.6. The van der Waals surface area contributed by atoms with E-state index in [0.717, 1.165) is 18.9 Å². The number of amides is 1. The smallest absolute Gasteiger partial charge is 0.240 e. The van der Waals surface area contributed by atoms with Crippen molar-refractivity contribution in [2.45, 2.75) is 51.1 Å². The fraction of sp³-hybridized carbons (Fsp3) is 0.786. The van der Waals surface area contributed by atoms with Gasteiger partial charge in [0.15, 0.2) is 0 Å². The predicted molar refractivity (Wildman–Crippen MR) is 69.7 cm³/mol. The second-order valence-corrected chi connectivity index (χ2v) is 6.55. The van der Waals surface area contributed by atoms with Gasteiger partial charge in [-0.1, -0.05) is 6.08 Å². The topological polar surface area (TPSA) is 41.1 Å². The van der Waals surface area contributed by atoms with E-state index in [1.54, 1.807) is 0 Å². The van der Waals surface area contributed by atoms with Crippen LogP contribution in [0.15, 0.2) is 12.7 Å². The minimum absolute atomic E-state index is 0.0469. The summed E-state index contributed by atoms with van der Waals surface area (Å²) in [6, 6.07) is 0. The maximum atomic E-state index is 12.3. The first-order valence-corrected chi connectivity index (χ1v) is 6.57. The zero-order valence-corrected chi connectivity index (χ0v) is 11.2. The Labute approximate surface area is 104 Å². The van der Waals surface area contributed by atoms with Crippen LogP contribution in [0.1, 0.15) is 40.0 Å². The van der Waals surface area contributed by atoms with Crippen molar-refractivity contribution in [3.8, 4) is 0 Å². The molecule has 0 bridgehead atoms. The number of carbonyl (C=O) groups is 1. The minimum Gasteiger partial charge on any atom is -0.354 e. The molecule has 2 saturated carbocycles. The SMILES string of the molecule is C=C[C@@H]1C[C@]1(NC(C)(C)C)C(=O)NCC1CC1. The average Bonchev–Trinajstić information content (AvgIpc) is 3.07. The molecule has 0 aliphatic heterocycles. The zero-order valence-electron chi connectivity index (χ0n) is 11.2. The Morgan fingerprint density at radius 3 is 2.53 bits per heavy atom. The lowest BCUT2D eigenvalue weighted by molar-refractivity contribution is -0.125. The van der Waals surface area contributed by atoms with Crippen LogP contribution in [0.5, 0.6) is 0 Å².